The van der Waals surface area contributed by atoms with Gasteiger partial charge in [-0.1, -0.05) is 24.3 Å². The molecule has 0 radical (unpaired) electrons. The fraction of sp³-hybridized carbons (Fsp3) is 0.500. The zero-order chi connectivity index (χ0) is 22.0. The van der Waals surface area contributed by atoms with Gasteiger partial charge in [-0.3, -0.25) is 9.69 Å². The molecule has 4 rings (SSSR count). The van der Waals surface area contributed by atoms with Crippen LogP contribution in [0.3, 0.4) is 0 Å². The third kappa shape index (κ3) is 4.78. The van der Waals surface area contributed by atoms with Crippen molar-refractivity contribution in [1.29, 1.82) is 0 Å². The van der Waals surface area contributed by atoms with Gasteiger partial charge in [-0.05, 0) is 68.5 Å². The van der Waals surface area contributed by atoms with Crippen LogP contribution in [0.15, 0.2) is 42.5 Å². The highest BCUT2D eigenvalue weighted by Gasteiger charge is 2.32. The molecule has 1 amide bonds. The summed E-state index contributed by atoms with van der Waals surface area (Å²) in [6.45, 7) is 9.97. The zero-order valence-corrected chi connectivity index (χ0v) is 19.1. The Morgan fingerprint density at radius 3 is 2.26 bits per heavy atom. The molecular weight excluding hydrogens is 388 g/mol. The highest BCUT2D eigenvalue weighted by molar-refractivity contribution is 5.97. The van der Waals surface area contributed by atoms with Gasteiger partial charge in [-0.2, -0.15) is 0 Å². The number of morpholine rings is 1. The van der Waals surface area contributed by atoms with Crippen molar-refractivity contribution in [2.75, 3.05) is 33.3 Å². The van der Waals surface area contributed by atoms with Crippen molar-refractivity contribution in [1.82, 2.24) is 9.80 Å². The van der Waals surface area contributed by atoms with E-state index in [1.165, 1.54) is 0 Å². The number of benzene rings is 2. The molecule has 2 heterocycles. The Hall–Kier alpha value is -2.37. The molecule has 2 aromatic carbocycles. The molecule has 2 atom stereocenters. The summed E-state index contributed by atoms with van der Waals surface area (Å²) in [6, 6.07) is 14.6. The van der Waals surface area contributed by atoms with Gasteiger partial charge in [0.05, 0.1) is 19.3 Å². The van der Waals surface area contributed by atoms with Crippen LogP contribution in [-0.4, -0.2) is 67.2 Å². The number of ether oxygens (including phenoxy) is 2. The molecular formula is C26H34N2O3. The van der Waals surface area contributed by atoms with Gasteiger partial charge in [0.25, 0.3) is 5.91 Å². The number of rotatable bonds is 4. The van der Waals surface area contributed by atoms with Crippen LogP contribution in [0.4, 0.5) is 0 Å². The van der Waals surface area contributed by atoms with Crippen LogP contribution in [0.5, 0.6) is 5.75 Å². The summed E-state index contributed by atoms with van der Waals surface area (Å²) in [5, 5.41) is 0. The molecule has 0 aromatic heterocycles. The third-order valence-corrected chi connectivity index (χ3v) is 6.68. The van der Waals surface area contributed by atoms with Crippen molar-refractivity contribution in [3.8, 4) is 16.9 Å². The lowest BCUT2D eigenvalue weighted by atomic mass is 9.94. The van der Waals surface area contributed by atoms with Crippen molar-refractivity contribution >= 4 is 5.91 Å². The number of piperidine rings is 1. The lowest BCUT2D eigenvalue weighted by Gasteiger charge is -2.43. The Balaban J connectivity index is 1.44. The molecule has 0 unspecified atom stereocenters. The van der Waals surface area contributed by atoms with E-state index in [1.807, 2.05) is 41.3 Å². The number of hydrogen-bond donors (Lipinski definition) is 0. The number of methoxy groups -OCH3 is 1. The summed E-state index contributed by atoms with van der Waals surface area (Å²) in [5.74, 6) is 0.982. The second-order valence-corrected chi connectivity index (χ2v) is 8.94. The van der Waals surface area contributed by atoms with Gasteiger partial charge in [0.15, 0.2) is 0 Å². The van der Waals surface area contributed by atoms with Crippen molar-refractivity contribution < 1.29 is 14.3 Å². The average Bonchev–Trinajstić information content (AvgIpc) is 2.78. The second-order valence-electron chi connectivity index (χ2n) is 8.94. The number of hydrogen-bond acceptors (Lipinski definition) is 4. The summed E-state index contributed by atoms with van der Waals surface area (Å²) < 4.78 is 11.2. The molecule has 2 fully saturated rings. The lowest BCUT2D eigenvalue weighted by Crippen LogP contribution is -2.53. The van der Waals surface area contributed by atoms with Crippen LogP contribution >= 0.6 is 0 Å². The van der Waals surface area contributed by atoms with E-state index in [0.717, 1.165) is 67.0 Å². The highest BCUT2D eigenvalue weighted by atomic mass is 16.5. The number of carbonyl (C=O) groups is 1. The van der Waals surface area contributed by atoms with E-state index >= 15 is 0 Å². The van der Waals surface area contributed by atoms with Crippen molar-refractivity contribution in [2.45, 2.75) is 51.9 Å². The predicted octanol–water partition coefficient (Wildman–Crippen LogP) is 4.38. The van der Waals surface area contributed by atoms with E-state index in [0.29, 0.717) is 6.04 Å². The number of amides is 1. The molecule has 0 spiro atoms. The monoisotopic (exact) mass is 422 g/mol. The quantitative estimate of drug-likeness (QED) is 0.733. The summed E-state index contributed by atoms with van der Waals surface area (Å²) in [6.07, 6.45) is 2.63. The minimum Gasteiger partial charge on any atom is -0.497 e. The predicted molar refractivity (Wildman–Crippen MR) is 124 cm³/mol. The maximum atomic E-state index is 13.4. The minimum absolute atomic E-state index is 0.148. The summed E-state index contributed by atoms with van der Waals surface area (Å²) in [5.41, 5.74) is 4.04. The Bertz CT molecular complexity index is 893. The first-order valence-electron chi connectivity index (χ1n) is 11.4. The molecule has 0 aliphatic carbocycles. The van der Waals surface area contributed by atoms with E-state index in [9.17, 15) is 4.79 Å². The van der Waals surface area contributed by atoms with Crippen molar-refractivity contribution in [2.24, 2.45) is 0 Å². The molecule has 0 saturated carbocycles. The molecule has 5 nitrogen and oxygen atoms in total. The molecule has 2 aromatic rings. The fourth-order valence-electron chi connectivity index (χ4n) is 5.07. The van der Waals surface area contributed by atoms with Crippen LogP contribution < -0.4 is 4.74 Å². The summed E-state index contributed by atoms with van der Waals surface area (Å²) in [4.78, 5) is 18.0. The molecule has 166 valence electrons. The maximum Gasteiger partial charge on any atom is 0.254 e. The van der Waals surface area contributed by atoms with Crippen LogP contribution in [-0.2, 0) is 4.74 Å². The van der Waals surface area contributed by atoms with E-state index in [4.69, 9.17) is 9.47 Å². The first-order valence-corrected chi connectivity index (χ1v) is 11.4. The van der Waals surface area contributed by atoms with Gasteiger partial charge in [0, 0.05) is 37.8 Å². The van der Waals surface area contributed by atoms with Crippen LogP contribution in [0.1, 0.15) is 42.6 Å². The summed E-state index contributed by atoms with van der Waals surface area (Å²) in [7, 11) is 1.67. The summed E-state index contributed by atoms with van der Waals surface area (Å²) >= 11 is 0. The molecule has 31 heavy (non-hydrogen) atoms. The Labute approximate surface area is 185 Å². The normalized spacial score (nSPS) is 23.0. The Morgan fingerprint density at radius 1 is 1.00 bits per heavy atom. The molecule has 0 bridgehead atoms. The van der Waals surface area contributed by atoms with Crippen molar-refractivity contribution in [3.05, 3.63) is 53.6 Å². The fourth-order valence-corrected chi connectivity index (χ4v) is 5.07. The van der Waals surface area contributed by atoms with Gasteiger partial charge in [-0.15, -0.1) is 0 Å². The zero-order valence-electron chi connectivity index (χ0n) is 19.1. The lowest BCUT2D eigenvalue weighted by molar-refractivity contribution is -0.0856. The number of carbonyl (C=O) groups excluding carboxylic acids is 1. The highest BCUT2D eigenvalue weighted by Crippen LogP contribution is 2.29. The maximum absolute atomic E-state index is 13.4. The molecule has 2 aliphatic heterocycles. The SMILES string of the molecule is COc1ccc(-c2cccc(C(=O)N3CCC(N4C[C@@H](C)O[C@H](C)C4)CC3)c2C)cc1. The van der Waals surface area contributed by atoms with Gasteiger partial charge in [0.1, 0.15) is 5.75 Å². The Kier molecular flexibility index (Phi) is 6.63. The van der Waals surface area contributed by atoms with Crippen LogP contribution in [0.2, 0.25) is 0 Å². The van der Waals surface area contributed by atoms with Crippen LogP contribution in [0, 0.1) is 6.92 Å². The van der Waals surface area contributed by atoms with E-state index in [2.05, 4.69) is 31.7 Å². The molecule has 2 aliphatic rings. The van der Waals surface area contributed by atoms with E-state index in [1.54, 1.807) is 7.11 Å². The topological polar surface area (TPSA) is 42.0 Å². The number of nitrogens with zero attached hydrogens (tertiary/aromatic N) is 2. The van der Waals surface area contributed by atoms with Gasteiger partial charge in [-0.25, -0.2) is 0 Å². The minimum atomic E-state index is 0.148. The van der Waals surface area contributed by atoms with Gasteiger partial charge >= 0.3 is 0 Å². The van der Waals surface area contributed by atoms with Crippen LogP contribution in [0.25, 0.3) is 11.1 Å². The standard InChI is InChI=1S/C26H34N2O3/c1-18-16-28(17-19(2)31-18)22-12-14-27(15-13-22)26(29)25-7-5-6-24(20(25)3)21-8-10-23(30-4)11-9-21/h5-11,18-19,22H,12-17H2,1-4H3/t18-,19-/m1/s1. The van der Waals surface area contributed by atoms with E-state index < -0.39 is 0 Å². The van der Waals surface area contributed by atoms with E-state index in [-0.39, 0.29) is 18.1 Å². The first kappa shape index (κ1) is 21.8. The first-order chi connectivity index (χ1) is 15.0. The third-order valence-electron chi connectivity index (χ3n) is 6.68. The van der Waals surface area contributed by atoms with Crippen molar-refractivity contribution in [3.63, 3.8) is 0 Å². The molecule has 0 N–H and O–H groups in total. The van der Waals surface area contributed by atoms with Gasteiger partial charge in [0.2, 0.25) is 0 Å². The second kappa shape index (κ2) is 9.41. The molecule has 2 saturated heterocycles. The smallest absolute Gasteiger partial charge is 0.254 e. The molecule has 5 heteroatoms. The number of likely N-dealkylation sites (tertiary alicyclic amines) is 1. The van der Waals surface area contributed by atoms with Gasteiger partial charge < -0.3 is 14.4 Å². The largest absolute Gasteiger partial charge is 0.497 e. The Morgan fingerprint density at radius 2 is 1.65 bits per heavy atom. The average molecular weight is 423 g/mol.